The Kier molecular flexibility index (Phi) is 3.53. The second-order valence-corrected chi connectivity index (χ2v) is 4.88. The molecule has 3 heteroatoms. The fourth-order valence-electron chi connectivity index (χ4n) is 2.23. The SMILES string of the molecule is Cc1cc(OCc2ccc(C#N)cc2)c2ccccc2n1. The topological polar surface area (TPSA) is 45.9 Å². The van der Waals surface area contributed by atoms with E-state index >= 15 is 0 Å². The van der Waals surface area contributed by atoms with E-state index in [9.17, 15) is 0 Å². The minimum Gasteiger partial charge on any atom is -0.488 e. The lowest BCUT2D eigenvalue weighted by Crippen LogP contribution is -1.97. The van der Waals surface area contributed by atoms with Gasteiger partial charge in [-0.1, -0.05) is 24.3 Å². The number of hydrogen-bond acceptors (Lipinski definition) is 3. The van der Waals surface area contributed by atoms with E-state index in [1.165, 1.54) is 0 Å². The number of rotatable bonds is 3. The Morgan fingerprint density at radius 1 is 1.10 bits per heavy atom. The molecule has 0 unspecified atom stereocenters. The van der Waals surface area contributed by atoms with Crippen LogP contribution in [0, 0.1) is 18.3 Å². The van der Waals surface area contributed by atoms with Gasteiger partial charge in [-0.2, -0.15) is 5.26 Å². The highest BCUT2D eigenvalue weighted by Crippen LogP contribution is 2.25. The summed E-state index contributed by atoms with van der Waals surface area (Å²) in [4.78, 5) is 4.50. The van der Waals surface area contributed by atoms with Crippen molar-refractivity contribution in [3.63, 3.8) is 0 Å². The zero-order chi connectivity index (χ0) is 14.7. The number of fused-ring (bicyclic) bond motifs is 1. The third-order valence-electron chi connectivity index (χ3n) is 3.28. The monoisotopic (exact) mass is 274 g/mol. The molecule has 1 aromatic heterocycles. The first-order valence-electron chi connectivity index (χ1n) is 6.74. The third kappa shape index (κ3) is 2.85. The highest BCUT2D eigenvalue weighted by molar-refractivity contribution is 5.85. The van der Waals surface area contributed by atoms with Crippen molar-refractivity contribution in [3.8, 4) is 11.8 Å². The lowest BCUT2D eigenvalue weighted by molar-refractivity contribution is 0.309. The van der Waals surface area contributed by atoms with Crippen LogP contribution in [0.25, 0.3) is 10.9 Å². The summed E-state index contributed by atoms with van der Waals surface area (Å²) in [6, 6.07) is 19.4. The van der Waals surface area contributed by atoms with Gasteiger partial charge in [0.15, 0.2) is 0 Å². The van der Waals surface area contributed by atoms with Crippen LogP contribution >= 0.6 is 0 Å². The second-order valence-electron chi connectivity index (χ2n) is 4.88. The molecule has 0 N–H and O–H groups in total. The van der Waals surface area contributed by atoms with Crippen molar-refractivity contribution in [1.82, 2.24) is 4.98 Å². The molecule has 3 rings (SSSR count). The van der Waals surface area contributed by atoms with Crippen LogP contribution in [0.15, 0.2) is 54.6 Å². The van der Waals surface area contributed by atoms with Crippen LogP contribution in [0.3, 0.4) is 0 Å². The molecule has 0 aliphatic rings. The van der Waals surface area contributed by atoms with Crippen molar-refractivity contribution in [3.05, 3.63) is 71.4 Å². The Balaban J connectivity index is 1.86. The maximum absolute atomic E-state index is 8.80. The summed E-state index contributed by atoms with van der Waals surface area (Å²) in [6.07, 6.45) is 0. The van der Waals surface area contributed by atoms with E-state index in [0.717, 1.165) is 27.9 Å². The van der Waals surface area contributed by atoms with Crippen LogP contribution in [0.1, 0.15) is 16.8 Å². The lowest BCUT2D eigenvalue weighted by Gasteiger charge is -2.10. The zero-order valence-electron chi connectivity index (χ0n) is 11.7. The number of hydrogen-bond donors (Lipinski definition) is 0. The molecule has 0 fully saturated rings. The van der Waals surface area contributed by atoms with E-state index in [2.05, 4.69) is 11.1 Å². The summed E-state index contributed by atoms with van der Waals surface area (Å²) >= 11 is 0. The van der Waals surface area contributed by atoms with Crippen LogP contribution in [0.2, 0.25) is 0 Å². The van der Waals surface area contributed by atoms with Gasteiger partial charge in [0.05, 0.1) is 17.1 Å². The van der Waals surface area contributed by atoms with Crippen LogP contribution < -0.4 is 4.74 Å². The number of nitrogens with zero attached hydrogens (tertiary/aromatic N) is 2. The first-order chi connectivity index (χ1) is 10.3. The first kappa shape index (κ1) is 13.1. The second kappa shape index (κ2) is 5.64. The average molecular weight is 274 g/mol. The fraction of sp³-hybridized carbons (Fsp3) is 0.111. The van der Waals surface area contributed by atoms with E-state index in [-0.39, 0.29) is 0 Å². The smallest absolute Gasteiger partial charge is 0.131 e. The molecule has 3 aromatic rings. The molecular weight excluding hydrogens is 260 g/mol. The molecule has 2 aromatic carbocycles. The van der Waals surface area contributed by atoms with E-state index in [1.807, 2.05) is 49.4 Å². The Morgan fingerprint density at radius 3 is 2.62 bits per heavy atom. The zero-order valence-corrected chi connectivity index (χ0v) is 11.7. The minimum atomic E-state index is 0.471. The fourth-order valence-corrected chi connectivity index (χ4v) is 2.23. The van der Waals surface area contributed by atoms with Crippen molar-refractivity contribution >= 4 is 10.9 Å². The molecule has 0 saturated carbocycles. The predicted octanol–water partition coefficient (Wildman–Crippen LogP) is 3.99. The maximum Gasteiger partial charge on any atom is 0.131 e. The minimum absolute atomic E-state index is 0.471. The molecule has 0 amide bonds. The molecule has 0 atom stereocenters. The third-order valence-corrected chi connectivity index (χ3v) is 3.28. The molecule has 0 radical (unpaired) electrons. The molecule has 0 bridgehead atoms. The van der Waals surface area contributed by atoms with Gasteiger partial charge in [-0.3, -0.25) is 4.98 Å². The maximum atomic E-state index is 8.80. The highest BCUT2D eigenvalue weighted by Gasteiger charge is 2.05. The number of aryl methyl sites for hydroxylation is 1. The van der Waals surface area contributed by atoms with Crippen molar-refractivity contribution in [2.45, 2.75) is 13.5 Å². The van der Waals surface area contributed by atoms with Gasteiger partial charge in [-0.15, -0.1) is 0 Å². The molecule has 3 nitrogen and oxygen atoms in total. The molecular formula is C18H14N2O. The molecule has 21 heavy (non-hydrogen) atoms. The standard InChI is InChI=1S/C18H14N2O/c1-13-10-18(16-4-2-3-5-17(16)20-13)21-12-15-8-6-14(11-19)7-9-15/h2-10H,12H2,1H3. The Morgan fingerprint density at radius 2 is 1.86 bits per heavy atom. The van der Waals surface area contributed by atoms with Crippen LogP contribution in [-0.2, 0) is 6.61 Å². The number of pyridine rings is 1. The van der Waals surface area contributed by atoms with Gasteiger partial charge in [0.25, 0.3) is 0 Å². The predicted molar refractivity (Wildman–Crippen MR) is 82.0 cm³/mol. The van der Waals surface area contributed by atoms with Crippen LogP contribution in [0.4, 0.5) is 0 Å². The average Bonchev–Trinajstić information content (AvgIpc) is 2.53. The normalized spacial score (nSPS) is 10.3. The van der Waals surface area contributed by atoms with Gasteiger partial charge in [-0.05, 0) is 36.8 Å². The van der Waals surface area contributed by atoms with Gasteiger partial charge >= 0.3 is 0 Å². The number of ether oxygens (including phenoxy) is 1. The quantitative estimate of drug-likeness (QED) is 0.725. The van der Waals surface area contributed by atoms with Gasteiger partial charge in [0.1, 0.15) is 12.4 Å². The van der Waals surface area contributed by atoms with Gasteiger partial charge in [0, 0.05) is 17.1 Å². The van der Waals surface area contributed by atoms with Crippen molar-refractivity contribution in [1.29, 1.82) is 5.26 Å². The van der Waals surface area contributed by atoms with Gasteiger partial charge in [0.2, 0.25) is 0 Å². The molecule has 1 heterocycles. The Labute approximate surface area is 123 Å². The summed E-state index contributed by atoms with van der Waals surface area (Å²) in [5.74, 6) is 0.836. The number of aromatic nitrogens is 1. The summed E-state index contributed by atoms with van der Waals surface area (Å²) in [5.41, 5.74) is 3.56. The highest BCUT2D eigenvalue weighted by atomic mass is 16.5. The van der Waals surface area contributed by atoms with E-state index in [1.54, 1.807) is 12.1 Å². The van der Waals surface area contributed by atoms with Crippen molar-refractivity contribution in [2.75, 3.05) is 0 Å². The van der Waals surface area contributed by atoms with E-state index in [4.69, 9.17) is 10.00 Å². The molecule has 102 valence electrons. The summed E-state index contributed by atoms with van der Waals surface area (Å²) in [7, 11) is 0. The molecule has 0 saturated heterocycles. The molecule has 0 aliphatic carbocycles. The number of nitriles is 1. The van der Waals surface area contributed by atoms with Crippen molar-refractivity contribution < 1.29 is 4.74 Å². The molecule has 0 spiro atoms. The lowest BCUT2D eigenvalue weighted by atomic mass is 10.1. The van der Waals surface area contributed by atoms with E-state index < -0.39 is 0 Å². The van der Waals surface area contributed by atoms with Crippen molar-refractivity contribution in [2.24, 2.45) is 0 Å². The number of para-hydroxylation sites is 1. The Hall–Kier alpha value is -2.86. The largest absolute Gasteiger partial charge is 0.488 e. The van der Waals surface area contributed by atoms with Gasteiger partial charge in [-0.25, -0.2) is 0 Å². The van der Waals surface area contributed by atoms with Gasteiger partial charge < -0.3 is 4.74 Å². The Bertz CT molecular complexity index is 817. The van der Waals surface area contributed by atoms with Crippen LogP contribution in [0.5, 0.6) is 5.75 Å². The summed E-state index contributed by atoms with van der Waals surface area (Å²) in [6.45, 7) is 2.43. The van der Waals surface area contributed by atoms with E-state index in [0.29, 0.717) is 12.2 Å². The molecule has 0 aliphatic heterocycles. The summed E-state index contributed by atoms with van der Waals surface area (Å²) < 4.78 is 5.94. The van der Waals surface area contributed by atoms with Crippen LogP contribution in [-0.4, -0.2) is 4.98 Å². The first-order valence-corrected chi connectivity index (χ1v) is 6.74. The summed E-state index contributed by atoms with van der Waals surface area (Å²) in [5, 5.41) is 9.81. The number of benzene rings is 2.